The lowest BCUT2D eigenvalue weighted by molar-refractivity contribution is -0.122. The molecule has 0 spiro atoms. The first kappa shape index (κ1) is 11.2. The Bertz CT molecular complexity index is 514. The minimum absolute atomic E-state index is 0.129. The van der Waals surface area contributed by atoms with Crippen LogP contribution in [0.4, 0.5) is 5.69 Å². The van der Waals surface area contributed by atoms with Crippen LogP contribution in [0.3, 0.4) is 0 Å². The third-order valence-electron chi connectivity index (χ3n) is 2.32. The number of aromatic nitrogens is 4. The highest BCUT2D eigenvalue weighted by atomic mass is 16.2. The molecule has 0 aromatic carbocycles. The van der Waals surface area contributed by atoms with Gasteiger partial charge in [0.1, 0.15) is 12.4 Å². The molecule has 0 aliphatic carbocycles. The molecule has 90 valence electrons. The lowest BCUT2D eigenvalue weighted by atomic mass is 10.5. The zero-order chi connectivity index (χ0) is 12.3. The van der Waals surface area contributed by atoms with Gasteiger partial charge in [-0.2, -0.15) is 5.10 Å². The second kappa shape index (κ2) is 4.69. The molecule has 0 aliphatic heterocycles. The van der Waals surface area contributed by atoms with E-state index < -0.39 is 0 Å². The Balaban J connectivity index is 1.84. The number of carbonyl (C=O) groups is 1. The molecule has 0 atom stereocenters. The van der Waals surface area contributed by atoms with E-state index in [-0.39, 0.29) is 12.5 Å². The first-order valence-electron chi connectivity index (χ1n) is 5.16. The molecule has 0 saturated heterocycles. The smallest absolute Gasteiger partial charge is 0.242 e. The van der Waals surface area contributed by atoms with Crippen LogP contribution in [0.25, 0.3) is 0 Å². The number of nitrogens with two attached hydrogens (primary N) is 1. The monoisotopic (exact) mass is 234 g/mol. The summed E-state index contributed by atoms with van der Waals surface area (Å²) in [5, 5.41) is 6.69. The zero-order valence-electron chi connectivity index (χ0n) is 9.50. The molecule has 0 unspecified atom stereocenters. The highest BCUT2D eigenvalue weighted by Gasteiger charge is 2.05. The molecular formula is C10H14N6O. The van der Waals surface area contributed by atoms with Crippen molar-refractivity contribution in [2.45, 2.75) is 13.1 Å². The van der Waals surface area contributed by atoms with Gasteiger partial charge in [-0.15, -0.1) is 0 Å². The van der Waals surface area contributed by atoms with Gasteiger partial charge < -0.3 is 15.6 Å². The molecule has 0 saturated carbocycles. The summed E-state index contributed by atoms with van der Waals surface area (Å²) in [4.78, 5) is 15.7. The molecular weight excluding hydrogens is 220 g/mol. The van der Waals surface area contributed by atoms with E-state index in [2.05, 4.69) is 15.4 Å². The lowest BCUT2D eigenvalue weighted by Gasteiger charge is -2.05. The molecule has 7 nitrogen and oxygen atoms in total. The first-order valence-corrected chi connectivity index (χ1v) is 5.16. The molecule has 2 rings (SSSR count). The van der Waals surface area contributed by atoms with E-state index >= 15 is 0 Å². The summed E-state index contributed by atoms with van der Waals surface area (Å²) in [6, 6.07) is 0. The number of carbonyl (C=O) groups excluding carboxylic acids is 1. The van der Waals surface area contributed by atoms with Gasteiger partial charge >= 0.3 is 0 Å². The number of nitrogens with one attached hydrogen (secondary N) is 1. The average molecular weight is 234 g/mol. The standard InChI is InChI=1S/C10H14N6O/c1-15-3-2-12-9(15)5-13-10(17)7-16-6-8(11)4-14-16/h2-4,6H,5,7,11H2,1H3,(H,13,17). The van der Waals surface area contributed by atoms with Crippen LogP contribution < -0.4 is 11.1 Å². The molecule has 1 amide bonds. The van der Waals surface area contributed by atoms with Gasteiger partial charge in [0.15, 0.2) is 0 Å². The number of hydrogen-bond acceptors (Lipinski definition) is 4. The van der Waals surface area contributed by atoms with Crippen LogP contribution in [0.1, 0.15) is 5.82 Å². The third-order valence-corrected chi connectivity index (χ3v) is 2.32. The number of imidazole rings is 1. The Morgan fingerprint density at radius 2 is 2.41 bits per heavy atom. The second-order valence-electron chi connectivity index (χ2n) is 3.70. The van der Waals surface area contributed by atoms with Crippen LogP contribution >= 0.6 is 0 Å². The van der Waals surface area contributed by atoms with Crippen molar-refractivity contribution in [1.82, 2.24) is 24.6 Å². The fraction of sp³-hybridized carbons (Fsp3) is 0.300. The number of hydrogen-bond donors (Lipinski definition) is 2. The molecule has 0 bridgehead atoms. The van der Waals surface area contributed by atoms with E-state index in [1.165, 1.54) is 10.9 Å². The van der Waals surface area contributed by atoms with Crippen LogP contribution in [0.15, 0.2) is 24.8 Å². The Hall–Kier alpha value is -2.31. The van der Waals surface area contributed by atoms with Gasteiger partial charge in [-0.3, -0.25) is 9.48 Å². The predicted octanol–water partition coefficient (Wildman–Crippen LogP) is -0.485. The summed E-state index contributed by atoms with van der Waals surface area (Å²) in [7, 11) is 1.88. The van der Waals surface area contributed by atoms with Crippen LogP contribution in [-0.2, 0) is 24.9 Å². The van der Waals surface area contributed by atoms with E-state index in [1.807, 2.05) is 17.8 Å². The van der Waals surface area contributed by atoms with Crippen molar-refractivity contribution in [2.24, 2.45) is 7.05 Å². The molecule has 2 aromatic rings. The van der Waals surface area contributed by atoms with E-state index in [9.17, 15) is 4.79 Å². The predicted molar refractivity (Wildman–Crippen MR) is 61.7 cm³/mol. The average Bonchev–Trinajstić information content (AvgIpc) is 2.85. The van der Waals surface area contributed by atoms with Gasteiger partial charge in [-0.1, -0.05) is 0 Å². The third kappa shape index (κ3) is 2.83. The second-order valence-corrected chi connectivity index (χ2v) is 3.70. The summed E-state index contributed by atoms with van der Waals surface area (Å²) in [6.07, 6.45) is 6.64. The fourth-order valence-electron chi connectivity index (χ4n) is 1.41. The molecule has 0 aliphatic rings. The van der Waals surface area contributed by atoms with Gasteiger partial charge in [-0.25, -0.2) is 4.98 Å². The summed E-state index contributed by atoms with van der Waals surface area (Å²) < 4.78 is 3.34. The number of amides is 1. The Morgan fingerprint density at radius 1 is 1.59 bits per heavy atom. The van der Waals surface area contributed by atoms with Gasteiger partial charge in [0.2, 0.25) is 5.91 Å². The molecule has 2 aromatic heterocycles. The Kier molecular flexibility index (Phi) is 3.08. The normalized spacial score (nSPS) is 10.4. The topological polar surface area (TPSA) is 90.8 Å². The molecule has 2 heterocycles. The van der Waals surface area contributed by atoms with E-state index in [0.717, 1.165) is 5.82 Å². The van der Waals surface area contributed by atoms with Crippen molar-refractivity contribution in [3.05, 3.63) is 30.6 Å². The Morgan fingerprint density at radius 3 is 3.00 bits per heavy atom. The number of aryl methyl sites for hydroxylation is 1. The largest absolute Gasteiger partial charge is 0.396 e. The summed E-state index contributed by atoms with van der Waals surface area (Å²) >= 11 is 0. The molecule has 0 fully saturated rings. The quantitative estimate of drug-likeness (QED) is 0.747. The number of anilines is 1. The van der Waals surface area contributed by atoms with Crippen LogP contribution in [-0.4, -0.2) is 25.2 Å². The lowest BCUT2D eigenvalue weighted by Crippen LogP contribution is -2.28. The van der Waals surface area contributed by atoms with Crippen molar-refractivity contribution in [1.29, 1.82) is 0 Å². The van der Waals surface area contributed by atoms with Gasteiger partial charge in [0, 0.05) is 25.6 Å². The molecule has 7 heteroatoms. The maximum Gasteiger partial charge on any atom is 0.242 e. The summed E-state index contributed by atoms with van der Waals surface area (Å²) in [5.74, 6) is 0.675. The minimum atomic E-state index is -0.129. The van der Waals surface area contributed by atoms with E-state index in [0.29, 0.717) is 12.2 Å². The van der Waals surface area contributed by atoms with Crippen molar-refractivity contribution < 1.29 is 4.79 Å². The van der Waals surface area contributed by atoms with Crippen LogP contribution in [0.5, 0.6) is 0 Å². The van der Waals surface area contributed by atoms with Gasteiger partial charge in [0.25, 0.3) is 0 Å². The van der Waals surface area contributed by atoms with Crippen molar-refractivity contribution >= 4 is 11.6 Å². The fourth-order valence-corrected chi connectivity index (χ4v) is 1.41. The molecule has 0 radical (unpaired) electrons. The summed E-state index contributed by atoms with van der Waals surface area (Å²) in [6.45, 7) is 0.556. The highest BCUT2D eigenvalue weighted by Crippen LogP contribution is 1.97. The van der Waals surface area contributed by atoms with Crippen molar-refractivity contribution in [2.75, 3.05) is 5.73 Å². The maximum absolute atomic E-state index is 11.6. The molecule has 17 heavy (non-hydrogen) atoms. The van der Waals surface area contributed by atoms with Crippen molar-refractivity contribution in [3.8, 4) is 0 Å². The van der Waals surface area contributed by atoms with Gasteiger partial charge in [-0.05, 0) is 0 Å². The van der Waals surface area contributed by atoms with Crippen LogP contribution in [0, 0.1) is 0 Å². The first-order chi connectivity index (χ1) is 8.15. The summed E-state index contributed by atoms with van der Waals surface area (Å²) in [5.41, 5.74) is 6.04. The number of rotatable bonds is 4. The highest BCUT2D eigenvalue weighted by molar-refractivity contribution is 5.75. The van der Waals surface area contributed by atoms with Crippen molar-refractivity contribution in [3.63, 3.8) is 0 Å². The van der Waals surface area contributed by atoms with E-state index in [4.69, 9.17) is 5.73 Å². The maximum atomic E-state index is 11.6. The zero-order valence-corrected chi connectivity index (χ0v) is 9.50. The van der Waals surface area contributed by atoms with Gasteiger partial charge in [0.05, 0.1) is 18.4 Å². The number of nitrogens with zero attached hydrogens (tertiary/aromatic N) is 4. The van der Waals surface area contributed by atoms with E-state index in [1.54, 1.807) is 12.4 Å². The minimum Gasteiger partial charge on any atom is -0.396 e. The Labute approximate surface area is 98.2 Å². The molecule has 3 N–H and O–H groups in total. The van der Waals surface area contributed by atoms with Crippen LogP contribution in [0.2, 0.25) is 0 Å². The number of nitrogen functional groups attached to an aromatic ring is 1. The SMILES string of the molecule is Cn1ccnc1CNC(=O)Cn1cc(N)cn1.